The minimum atomic E-state index is -4.35. The van der Waals surface area contributed by atoms with Gasteiger partial charge in [0.15, 0.2) is 0 Å². The number of carbonyl (C=O) groups is 1. The molecule has 0 rings (SSSR count). The van der Waals surface area contributed by atoms with Crippen molar-refractivity contribution >= 4 is 16.0 Å². The molecule has 2 unspecified atom stereocenters. The normalized spacial score (nSPS) is 13.5. The standard InChI is InChI=1S/C45H85NO5S/c1-3-5-7-9-11-13-15-17-19-21-22-23-24-25-26-28-30-32-34-36-38-40-44(47)43(42-52(49,50)51)46-45(48)41-39-37-35-33-31-29-27-20-18-16-14-12-10-8-6-4-2/h14,16,20,27,38,40,43-44,47H,3-13,15,17-19,21-26,28-37,39,41-42H2,1-2H3,(H,46,48)(H,49,50,51)/b16-14-,27-20-,40-38+. The van der Waals surface area contributed by atoms with E-state index in [0.717, 1.165) is 57.8 Å². The van der Waals surface area contributed by atoms with Gasteiger partial charge in [0.1, 0.15) is 0 Å². The second-order valence-corrected chi connectivity index (χ2v) is 16.8. The van der Waals surface area contributed by atoms with Crippen LogP contribution in [0.15, 0.2) is 36.5 Å². The SMILES string of the molecule is CCCCCC/C=C\C/C=C\CCCCCCCC(=O)NC(CS(=O)(=O)O)C(O)/C=C/CCCCCCCCCCCCCCCCCCCCC. The number of rotatable bonds is 40. The Morgan fingerprint density at radius 3 is 1.27 bits per heavy atom. The van der Waals surface area contributed by atoms with Crippen LogP contribution in [0.5, 0.6) is 0 Å². The Kier molecular flexibility index (Phi) is 38.2. The minimum absolute atomic E-state index is 0.280. The molecule has 0 spiro atoms. The van der Waals surface area contributed by atoms with Gasteiger partial charge in [0.2, 0.25) is 5.91 Å². The third-order valence-electron chi connectivity index (χ3n) is 10.1. The molecule has 6 nitrogen and oxygen atoms in total. The Labute approximate surface area is 323 Å². The molecular weight excluding hydrogens is 667 g/mol. The second-order valence-electron chi connectivity index (χ2n) is 15.3. The molecule has 2 atom stereocenters. The number of hydrogen-bond acceptors (Lipinski definition) is 4. The Morgan fingerprint density at radius 2 is 0.865 bits per heavy atom. The van der Waals surface area contributed by atoms with Gasteiger partial charge in [-0.05, 0) is 51.4 Å². The number of hydrogen-bond donors (Lipinski definition) is 3. The summed E-state index contributed by atoms with van der Waals surface area (Å²) in [6.45, 7) is 4.52. The van der Waals surface area contributed by atoms with Crippen LogP contribution in [0.25, 0.3) is 0 Å². The molecule has 52 heavy (non-hydrogen) atoms. The van der Waals surface area contributed by atoms with Crippen LogP contribution >= 0.6 is 0 Å². The monoisotopic (exact) mass is 752 g/mol. The Hall–Kier alpha value is -1.44. The number of nitrogens with one attached hydrogen (secondary N) is 1. The van der Waals surface area contributed by atoms with E-state index in [1.807, 2.05) is 6.08 Å². The zero-order chi connectivity index (χ0) is 38.2. The van der Waals surface area contributed by atoms with Crippen LogP contribution in [0.2, 0.25) is 0 Å². The first-order valence-electron chi connectivity index (χ1n) is 22.2. The van der Waals surface area contributed by atoms with Crippen molar-refractivity contribution < 1.29 is 22.9 Å². The summed E-state index contributed by atoms with van der Waals surface area (Å²) in [5, 5.41) is 13.3. The number of amides is 1. The molecule has 0 fully saturated rings. The second kappa shape index (κ2) is 39.3. The van der Waals surface area contributed by atoms with Gasteiger partial charge in [-0.15, -0.1) is 0 Å². The molecule has 0 aliphatic heterocycles. The lowest BCUT2D eigenvalue weighted by Crippen LogP contribution is -2.46. The van der Waals surface area contributed by atoms with Gasteiger partial charge in [0.25, 0.3) is 10.1 Å². The molecule has 0 saturated carbocycles. The molecule has 0 aliphatic rings. The molecule has 0 aromatic rings. The van der Waals surface area contributed by atoms with Gasteiger partial charge in [0, 0.05) is 6.42 Å². The summed E-state index contributed by atoms with van der Waals surface area (Å²) in [5.41, 5.74) is 0. The van der Waals surface area contributed by atoms with Crippen LogP contribution < -0.4 is 5.32 Å². The van der Waals surface area contributed by atoms with Crippen molar-refractivity contribution in [2.45, 2.75) is 238 Å². The fraction of sp³-hybridized carbons (Fsp3) is 0.844. The summed E-state index contributed by atoms with van der Waals surface area (Å²) in [6.07, 6.45) is 51.3. The smallest absolute Gasteiger partial charge is 0.267 e. The van der Waals surface area contributed by atoms with Crippen LogP contribution in [-0.2, 0) is 14.9 Å². The predicted molar refractivity (Wildman–Crippen MR) is 225 cm³/mol. The fourth-order valence-corrected chi connectivity index (χ4v) is 7.45. The van der Waals surface area contributed by atoms with Gasteiger partial charge in [-0.2, -0.15) is 8.42 Å². The summed E-state index contributed by atoms with van der Waals surface area (Å²) in [4.78, 5) is 12.5. The van der Waals surface area contributed by atoms with E-state index in [4.69, 9.17) is 0 Å². The number of aliphatic hydroxyl groups excluding tert-OH is 1. The van der Waals surface area contributed by atoms with Gasteiger partial charge in [-0.1, -0.05) is 204 Å². The maximum atomic E-state index is 12.5. The number of carbonyl (C=O) groups excluding carboxylic acids is 1. The molecule has 0 radical (unpaired) electrons. The van der Waals surface area contributed by atoms with Gasteiger partial charge < -0.3 is 10.4 Å². The van der Waals surface area contributed by atoms with E-state index in [0.29, 0.717) is 6.42 Å². The van der Waals surface area contributed by atoms with Gasteiger partial charge >= 0.3 is 0 Å². The first-order chi connectivity index (χ1) is 25.3. The fourth-order valence-electron chi connectivity index (χ4n) is 6.72. The van der Waals surface area contributed by atoms with Crippen LogP contribution in [0.4, 0.5) is 0 Å². The Balaban J connectivity index is 3.89. The summed E-state index contributed by atoms with van der Waals surface area (Å²) in [6, 6.07) is -1.06. The highest BCUT2D eigenvalue weighted by molar-refractivity contribution is 7.85. The molecule has 0 aromatic heterocycles. The molecule has 0 aromatic carbocycles. The van der Waals surface area contributed by atoms with Crippen molar-refractivity contribution in [2.75, 3.05) is 5.75 Å². The highest BCUT2D eigenvalue weighted by Crippen LogP contribution is 2.15. The lowest BCUT2D eigenvalue weighted by Gasteiger charge is -2.21. The van der Waals surface area contributed by atoms with Gasteiger partial charge in [-0.3, -0.25) is 9.35 Å². The molecule has 0 aliphatic carbocycles. The summed E-state index contributed by atoms with van der Waals surface area (Å²) >= 11 is 0. The minimum Gasteiger partial charge on any atom is -0.387 e. The molecule has 0 saturated heterocycles. The molecule has 1 amide bonds. The number of unbranched alkanes of at least 4 members (excludes halogenated alkanes) is 28. The van der Waals surface area contributed by atoms with E-state index in [-0.39, 0.29) is 12.3 Å². The van der Waals surface area contributed by atoms with Crippen LogP contribution in [-0.4, -0.2) is 41.9 Å². The zero-order valence-electron chi connectivity index (χ0n) is 34.2. The Morgan fingerprint density at radius 1 is 0.519 bits per heavy atom. The Bertz CT molecular complexity index is 961. The van der Waals surface area contributed by atoms with E-state index in [1.54, 1.807) is 6.08 Å². The lowest BCUT2D eigenvalue weighted by atomic mass is 10.0. The van der Waals surface area contributed by atoms with Crippen molar-refractivity contribution in [1.82, 2.24) is 5.32 Å². The van der Waals surface area contributed by atoms with E-state index in [1.165, 1.54) is 141 Å². The average Bonchev–Trinajstić information content (AvgIpc) is 3.11. The topological polar surface area (TPSA) is 104 Å². The molecule has 0 bridgehead atoms. The highest BCUT2D eigenvalue weighted by atomic mass is 32.2. The third-order valence-corrected chi connectivity index (χ3v) is 10.8. The number of aliphatic hydroxyl groups is 1. The van der Waals surface area contributed by atoms with Crippen molar-refractivity contribution in [2.24, 2.45) is 0 Å². The summed E-state index contributed by atoms with van der Waals surface area (Å²) in [5.74, 6) is -0.993. The van der Waals surface area contributed by atoms with Crippen molar-refractivity contribution in [1.29, 1.82) is 0 Å². The zero-order valence-corrected chi connectivity index (χ0v) is 35.0. The van der Waals surface area contributed by atoms with Gasteiger partial charge in [0.05, 0.1) is 17.9 Å². The van der Waals surface area contributed by atoms with Crippen molar-refractivity contribution in [3.05, 3.63) is 36.5 Å². The van der Waals surface area contributed by atoms with Crippen LogP contribution in [0.1, 0.15) is 226 Å². The van der Waals surface area contributed by atoms with E-state index in [2.05, 4.69) is 43.5 Å². The van der Waals surface area contributed by atoms with Crippen molar-refractivity contribution in [3.8, 4) is 0 Å². The first kappa shape index (κ1) is 50.6. The van der Waals surface area contributed by atoms with Crippen LogP contribution in [0, 0.1) is 0 Å². The average molecular weight is 752 g/mol. The molecule has 7 heteroatoms. The summed E-state index contributed by atoms with van der Waals surface area (Å²) in [7, 11) is -4.35. The maximum Gasteiger partial charge on any atom is 0.267 e. The van der Waals surface area contributed by atoms with E-state index in [9.17, 15) is 22.9 Å². The van der Waals surface area contributed by atoms with E-state index < -0.39 is 28.0 Å². The predicted octanol–water partition coefficient (Wildman–Crippen LogP) is 13.3. The maximum absolute atomic E-state index is 12.5. The first-order valence-corrected chi connectivity index (χ1v) is 23.8. The largest absolute Gasteiger partial charge is 0.387 e. The van der Waals surface area contributed by atoms with Gasteiger partial charge in [-0.25, -0.2) is 0 Å². The van der Waals surface area contributed by atoms with E-state index >= 15 is 0 Å². The van der Waals surface area contributed by atoms with Crippen LogP contribution in [0.3, 0.4) is 0 Å². The van der Waals surface area contributed by atoms with Crippen molar-refractivity contribution in [3.63, 3.8) is 0 Å². The molecule has 0 heterocycles. The molecule has 3 N–H and O–H groups in total. The highest BCUT2D eigenvalue weighted by Gasteiger charge is 2.24. The lowest BCUT2D eigenvalue weighted by molar-refractivity contribution is -0.122. The molecule has 306 valence electrons. The number of allylic oxidation sites excluding steroid dienone is 5. The molecular formula is C45H85NO5S. The third kappa shape index (κ3) is 39.8. The quantitative estimate of drug-likeness (QED) is 0.0328. The summed E-state index contributed by atoms with van der Waals surface area (Å²) < 4.78 is 32.5.